The summed E-state index contributed by atoms with van der Waals surface area (Å²) in [4.78, 5) is -0.0217. The van der Waals surface area contributed by atoms with Gasteiger partial charge in [0.1, 0.15) is 11.0 Å². The third-order valence-electron chi connectivity index (χ3n) is 4.30. The number of rotatable bonds is 3. The van der Waals surface area contributed by atoms with E-state index in [0.29, 0.717) is 25.9 Å². The molecule has 0 atom stereocenters. The molecule has 0 aliphatic carbocycles. The zero-order chi connectivity index (χ0) is 17.3. The molecule has 6 nitrogen and oxygen atoms in total. The number of benzene rings is 1. The van der Waals surface area contributed by atoms with Crippen LogP contribution in [0.4, 0.5) is 0 Å². The van der Waals surface area contributed by atoms with E-state index in [1.807, 2.05) is 19.1 Å². The average Bonchev–Trinajstić information content (AvgIpc) is 3.01. The van der Waals surface area contributed by atoms with Gasteiger partial charge in [-0.3, -0.25) is 5.10 Å². The van der Waals surface area contributed by atoms with Gasteiger partial charge in [0.25, 0.3) is 0 Å². The number of halogens is 1. The first-order chi connectivity index (χ1) is 11.4. The largest absolute Gasteiger partial charge is 0.283 e. The lowest BCUT2D eigenvalue weighted by molar-refractivity contribution is 0.316. The van der Waals surface area contributed by atoms with Crippen LogP contribution in [0.2, 0.25) is 5.02 Å². The number of nitrogens with one attached hydrogen (secondary N) is 1. The van der Waals surface area contributed by atoms with Crippen LogP contribution in [0.15, 0.2) is 29.2 Å². The predicted octanol–water partition coefficient (Wildman–Crippen LogP) is 2.81. The van der Waals surface area contributed by atoms with E-state index in [-0.39, 0.29) is 21.4 Å². The topological polar surface area (TPSA) is 89.8 Å². The summed E-state index contributed by atoms with van der Waals surface area (Å²) in [6, 6.07) is 8.40. The van der Waals surface area contributed by atoms with E-state index >= 15 is 0 Å². The Morgan fingerprint density at radius 2 is 2.08 bits per heavy atom. The molecule has 126 valence electrons. The summed E-state index contributed by atoms with van der Waals surface area (Å²) in [5.74, 6) is 0.246. The molecule has 0 saturated carbocycles. The summed E-state index contributed by atoms with van der Waals surface area (Å²) in [6.07, 6.45) is 1.40. The van der Waals surface area contributed by atoms with Gasteiger partial charge in [0.15, 0.2) is 0 Å². The smallest absolute Gasteiger partial charge is 0.244 e. The van der Waals surface area contributed by atoms with Gasteiger partial charge in [0.05, 0.1) is 16.3 Å². The van der Waals surface area contributed by atoms with Crippen LogP contribution in [-0.4, -0.2) is 36.0 Å². The number of H-pyrrole nitrogens is 1. The summed E-state index contributed by atoms with van der Waals surface area (Å²) >= 11 is 5.96. The molecule has 2 heterocycles. The Labute approximate surface area is 146 Å². The molecule has 3 rings (SSSR count). The molecule has 1 aromatic heterocycles. The number of aromatic nitrogens is 2. The highest BCUT2D eigenvalue weighted by Gasteiger charge is 2.32. The lowest BCUT2D eigenvalue weighted by Crippen LogP contribution is -2.38. The third kappa shape index (κ3) is 3.05. The van der Waals surface area contributed by atoms with E-state index in [2.05, 4.69) is 10.2 Å². The van der Waals surface area contributed by atoms with Crippen LogP contribution in [0.5, 0.6) is 0 Å². The fourth-order valence-electron chi connectivity index (χ4n) is 3.01. The van der Waals surface area contributed by atoms with Crippen LogP contribution >= 0.6 is 11.6 Å². The van der Waals surface area contributed by atoms with Crippen LogP contribution in [0.3, 0.4) is 0 Å². The van der Waals surface area contributed by atoms with E-state index < -0.39 is 10.0 Å². The van der Waals surface area contributed by atoms with Gasteiger partial charge >= 0.3 is 0 Å². The second-order valence-electron chi connectivity index (χ2n) is 5.88. The van der Waals surface area contributed by atoms with Crippen molar-refractivity contribution in [3.63, 3.8) is 0 Å². The Bertz CT molecular complexity index is 893. The minimum Gasteiger partial charge on any atom is -0.283 e. The molecule has 1 aromatic carbocycles. The monoisotopic (exact) mass is 364 g/mol. The summed E-state index contributed by atoms with van der Waals surface area (Å²) in [6.45, 7) is 2.74. The highest BCUT2D eigenvalue weighted by atomic mass is 35.5. The summed E-state index contributed by atoms with van der Waals surface area (Å²) < 4.78 is 27.1. The van der Waals surface area contributed by atoms with Crippen LogP contribution in [0, 0.1) is 18.3 Å². The second kappa shape index (κ2) is 6.55. The maximum Gasteiger partial charge on any atom is 0.244 e. The van der Waals surface area contributed by atoms with E-state index in [1.165, 1.54) is 16.4 Å². The van der Waals surface area contributed by atoms with Gasteiger partial charge in [0, 0.05) is 24.7 Å². The Kier molecular flexibility index (Phi) is 4.63. The first kappa shape index (κ1) is 17.0. The maximum atomic E-state index is 12.9. The molecule has 2 aromatic rings. The zero-order valence-corrected chi connectivity index (χ0v) is 14.7. The van der Waals surface area contributed by atoms with Crippen molar-refractivity contribution in [3.05, 3.63) is 46.2 Å². The van der Waals surface area contributed by atoms with Crippen LogP contribution in [0.25, 0.3) is 0 Å². The minimum absolute atomic E-state index is 0.00390. The zero-order valence-electron chi connectivity index (χ0n) is 13.2. The Hall–Kier alpha value is -1.88. The molecular weight excluding hydrogens is 348 g/mol. The molecular formula is C16H17ClN4O2S. The molecule has 1 saturated heterocycles. The van der Waals surface area contributed by atoms with Crippen LogP contribution < -0.4 is 0 Å². The van der Waals surface area contributed by atoms with Crippen molar-refractivity contribution >= 4 is 21.6 Å². The Morgan fingerprint density at radius 1 is 1.38 bits per heavy atom. The molecule has 1 aliphatic heterocycles. The van der Waals surface area contributed by atoms with Gasteiger partial charge in [-0.1, -0.05) is 17.7 Å². The van der Waals surface area contributed by atoms with Crippen molar-refractivity contribution < 1.29 is 8.42 Å². The Morgan fingerprint density at radius 3 is 2.67 bits per heavy atom. The molecule has 8 heteroatoms. The quantitative estimate of drug-likeness (QED) is 0.906. The molecule has 1 N–H and O–H groups in total. The van der Waals surface area contributed by atoms with Crippen molar-refractivity contribution in [1.29, 1.82) is 5.26 Å². The molecule has 1 fully saturated rings. The summed E-state index contributed by atoms with van der Waals surface area (Å²) in [5, 5.41) is 16.6. The minimum atomic E-state index is -3.73. The van der Waals surface area contributed by atoms with Crippen LogP contribution in [-0.2, 0) is 10.0 Å². The average molecular weight is 365 g/mol. The number of hydrogen-bond donors (Lipinski definition) is 1. The van der Waals surface area contributed by atoms with E-state index in [1.54, 1.807) is 6.07 Å². The lowest BCUT2D eigenvalue weighted by Gasteiger charge is -2.30. The molecule has 0 amide bonds. The third-order valence-corrected chi connectivity index (χ3v) is 6.56. The maximum absolute atomic E-state index is 12.9. The van der Waals surface area contributed by atoms with Crippen LogP contribution in [0.1, 0.15) is 35.7 Å². The van der Waals surface area contributed by atoms with Gasteiger partial charge < -0.3 is 0 Å². The van der Waals surface area contributed by atoms with Gasteiger partial charge in [0.2, 0.25) is 10.0 Å². The van der Waals surface area contributed by atoms with Gasteiger partial charge in [-0.2, -0.15) is 14.7 Å². The first-order valence-electron chi connectivity index (χ1n) is 7.64. The molecule has 1 aliphatic rings. The summed E-state index contributed by atoms with van der Waals surface area (Å²) in [7, 11) is -3.73. The number of hydrogen-bond acceptors (Lipinski definition) is 4. The molecule has 0 unspecified atom stereocenters. The highest BCUT2D eigenvalue weighted by molar-refractivity contribution is 7.89. The van der Waals surface area contributed by atoms with Gasteiger partial charge in [-0.15, -0.1) is 0 Å². The summed E-state index contributed by atoms with van der Waals surface area (Å²) in [5.41, 5.74) is 1.98. The molecule has 24 heavy (non-hydrogen) atoms. The van der Waals surface area contributed by atoms with Crippen molar-refractivity contribution in [2.24, 2.45) is 0 Å². The van der Waals surface area contributed by atoms with Crippen molar-refractivity contribution in [2.45, 2.75) is 30.6 Å². The highest BCUT2D eigenvalue weighted by Crippen LogP contribution is 2.32. The normalized spacial score (nSPS) is 16.9. The first-order valence-corrected chi connectivity index (χ1v) is 9.46. The Balaban J connectivity index is 1.81. The molecule has 0 bridgehead atoms. The number of piperidine rings is 1. The number of aromatic amines is 1. The fourth-order valence-corrected chi connectivity index (χ4v) is 4.91. The van der Waals surface area contributed by atoms with Crippen molar-refractivity contribution in [3.8, 4) is 6.07 Å². The van der Waals surface area contributed by atoms with E-state index in [0.717, 1.165) is 11.4 Å². The van der Waals surface area contributed by atoms with Gasteiger partial charge in [-0.05, 0) is 38.0 Å². The van der Waals surface area contributed by atoms with Crippen molar-refractivity contribution in [2.75, 3.05) is 13.1 Å². The predicted molar refractivity (Wildman–Crippen MR) is 90.2 cm³/mol. The number of aryl methyl sites for hydroxylation is 1. The van der Waals surface area contributed by atoms with E-state index in [9.17, 15) is 13.7 Å². The van der Waals surface area contributed by atoms with E-state index in [4.69, 9.17) is 11.6 Å². The van der Waals surface area contributed by atoms with Gasteiger partial charge in [-0.25, -0.2) is 8.42 Å². The van der Waals surface area contributed by atoms with Crippen molar-refractivity contribution in [1.82, 2.24) is 14.5 Å². The lowest BCUT2D eigenvalue weighted by atomic mass is 9.95. The number of sulfonamides is 1. The number of nitrogens with zero attached hydrogens (tertiary/aromatic N) is 3. The second-order valence-corrected chi connectivity index (χ2v) is 8.19. The fraction of sp³-hybridized carbons (Fsp3) is 0.375. The standard InChI is InChI=1S/C16H17ClN4O2S/c1-11-9-15(20-19-11)12-5-7-21(8-6-12)24(22,23)16-4-2-3-14(17)13(16)10-18/h2-4,9,12H,5-8H2,1H3,(H,19,20). The molecule has 0 spiro atoms. The number of nitriles is 1. The SMILES string of the molecule is Cc1cc(C2CCN(S(=O)(=O)c3cccc(Cl)c3C#N)CC2)n[nH]1. The molecule has 0 radical (unpaired) electrons.